The third-order valence-electron chi connectivity index (χ3n) is 3.20. The molecule has 3 N–H and O–H groups in total. The van der Waals surface area contributed by atoms with Gasteiger partial charge in [0.25, 0.3) is 0 Å². The first-order valence-electron chi connectivity index (χ1n) is 6.06. The number of furan rings is 1. The molecule has 4 nitrogen and oxygen atoms in total. The fourth-order valence-electron chi connectivity index (χ4n) is 2.32. The molecule has 0 spiro atoms. The zero-order chi connectivity index (χ0) is 12.5. The van der Waals surface area contributed by atoms with Crippen LogP contribution < -0.4 is 5.73 Å². The predicted molar refractivity (Wildman–Crippen MR) is 70.2 cm³/mol. The minimum absolute atomic E-state index is 0.230. The topological polar surface area (TPSA) is 67.8 Å². The van der Waals surface area contributed by atoms with Crippen LogP contribution >= 0.6 is 0 Å². The van der Waals surface area contributed by atoms with Crippen LogP contribution in [0.4, 0.5) is 0 Å². The van der Waals surface area contributed by atoms with Gasteiger partial charge in [0.15, 0.2) is 0 Å². The molecule has 0 fully saturated rings. The highest BCUT2D eigenvalue weighted by atomic mass is 16.3. The number of nitrogens with zero attached hydrogens (tertiary/aromatic N) is 1. The molecular weight excluding hydrogens is 226 g/mol. The molecule has 3 rings (SSSR count). The molecule has 18 heavy (non-hydrogen) atoms. The van der Waals surface area contributed by atoms with Crippen molar-refractivity contribution in [2.75, 3.05) is 0 Å². The summed E-state index contributed by atoms with van der Waals surface area (Å²) in [7, 11) is 0. The van der Waals surface area contributed by atoms with Crippen molar-refractivity contribution in [3.8, 4) is 0 Å². The van der Waals surface area contributed by atoms with E-state index in [2.05, 4.69) is 17.1 Å². The largest absolute Gasteiger partial charge is 0.461 e. The van der Waals surface area contributed by atoms with Gasteiger partial charge in [-0.2, -0.15) is 5.10 Å². The maximum Gasteiger partial charge on any atom is 0.134 e. The summed E-state index contributed by atoms with van der Waals surface area (Å²) < 4.78 is 5.85. The van der Waals surface area contributed by atoms with E-state index in [4.69, 9.17) is 10.2 Å². The number of hydrogen-bond acceptors (Lipinski definition) is 3. The van der Waals surface area contributed by atoms with Crippen LogP contribution in [0.1, 0.15) is 30.0 Å². The second-order valence-electron chi connectivity index (χ2n) is 4.28. The van der Waals surface area contributed by atoms with Gasteiger partial charge < -0.3 is 10.2 Å². The van der Waals surface area contributed by atoms with Crippen LogP contribution in [0.2, 0.25) is 0 Å². The maximum atomic E-state index is 6.32. The normalized spacial score (nSPS) is 13.0. The lowest BCUT2D eigenvalue weighted by atomic mass is 10.00. The third kappa shape index (κ3) is 1.62. The van der Waals surface area contributed by atoms with Crippen molar-refractivity contribution in [2.24, 2.45) is 5.73 Å². The standard InChI is InChI=1S/C14H15N3O/c1-2-11-13(14(15)10-7-8-16-17-10)9-5-3-4-6-12(9)18-11/h3-8,14H,2,15H2,1H3,(H,16,17). The number of fused-ring (bicyclic) bond motifs is 1. The quantitative estimate of drug-likeness (QED) is 0.740. The molecule has 0 saturated heterocycles. The van der Waals surface area contributed by atoms with E-state index in [9.17, 15) is 0 Å². The Labute approximate surface area is 105 Å². The molecule has 1 atom stereocenters. The van der Waals surface area contributed by atoms with Gasteiger partial charge in [0, 0.05) is 23.6 Å². The maximum absolute atomic E-state index is 6.32. The van der Waals surface area contributed by atoms with Gasteiger partial charge in [0.2, 0.25) is 0 Å². The van der Waals surface area contributed by atoms with Gasteiger partial charge in [-0.1, -0.05) is 25.1 Å². The van der Waals surface area contributed by atoms with Gasteiger partial charge in [0.1, 0.15) is 11.3 Å². The highest BCUT2D eigenvalue weighted by Gasteiger charge is 2.20. The fourth-order valence-corrected chi connectivity index (χ4v) is 2.32. The van der Waals surface area contributed by atoms with E-state index in [1.54, 1.807) is 6.20 Å². The summed E-state index contributed by atoms with van der Waals surface area (Å²) in [5.74, 6) is 0.943. The Morgan fingerprint density at radius 3 is 2.89 bits per heavy atom. The van der Waals surface area contributed by atoms with Crippen molar-refractivity contribution in [1.29, 1.82) is 0 Å². The van der Waals surface area contributed by atoms with Gasteiger partial charge in [0.05, 0.1) is 11.7 Å². The summed E-state index contributed by atoms with van der Waals surface area (Å²) in [4.78, 5) is 0. The smallest absolute Gasteiger partial charge is 0.134 e. The molecule has 2 heterocycles. The summed E-state index contributed by atoms with van der Waals surface area (Å²) in [6, 6.07) is 9.65. The first kappa shape index (κ1) is 11.0. The number of nitrogens with one attached hydrogen (secondary N) is 1. The number of aryl methyl sites for hydroxylation is 1. The van der Waals surface area contributed by atoms with E-state index in [1.807, 2.05) is 30.3 Å². The predicted octanol–water partition coefficient (Wildman–Crippen LogP) is 2.77. The Kier molecular flexibility index (Phi) is 2.64. The van der Waals surface area contributed by atoms with E-state index < -0.39 is 0 Å². The second-order valence-corrected chi connectivity index (χ2v) is 4.28. The summed E-state index contributed by atoms with van der Waals surface area (Å²) in [5.41, 5.74) is 9.16. The van der Waals surface area contributed by atoms with E-state index >= 15 is 0 Å². The molecule has 3 aromatic rings. The fraction of sp³-hybridized carbons (Fsp3) is 0.214. The number of aromatic amines is 1. The van der Waals surface area contributed by atoms with Crippen LogP contribution in [0.25, 0.3) is 11.0 Å². The highest BCUT2D eigenvalue weighted by molar-refractivity contribution is 5.83. The van der Waals surface area contributed by atoms with Gasteiger partial charge >= 0.3 is 0 Å². The minimum atomic E-state index is -0.230. The van der Waals surface area contributed by atoms with Gasteiger partial charge in [-0.05, 0) is 12.1 Å². The van der Waals surface area contributed by atoms with Crippen LogP contribution in [0.15, 0.2) is 40.9 Å². The Morgan fingerprint density at radius 2 is 2.17 bits per heavy atom. The molecule has 0 bridgehead atoms. The van der Waals surface area contributed by atoms with Gasteiger partial charge in [-0.15, -0.1) is 0 Å². The summed E-state index contributed by atoms with van der Waals surface area (Å²) in [6.45, 7) is 2.07. The van der Waals surface area contributed by atoms with Crippen LogP contribution in [0.3, 0.4) is 0 Å². The van der Waals surface area contributed by atoms with Crippen LogP contribution in [-0.4, -0.2) is 10.2 Å². The van der Waals surface area contributed by atoms with E-state index in [0.717, 1.165) is 34.4 Å². The Morgan fingerprint density at radius 1 is 1.33 bits per heavy atom. The Bertz CT molecular complexity index is 655. The van der Waals surface area contributed by atoms with E-state index in [-0.39, 0.29) is 6.04 Å². The molecule has 1 aromatic carbocycles. The van der Waals surface area contributed by atoms with Crippen molar-refractivity contribution in [1.82, 2.24) is 10.2 Å². The number of nitrogens with two attached hydrogens (primary N) is 1. The molecular formula is C14H15N3O. The first-order chi connectivity index (χ1) is 8.81. The zero-order valence-corrected chi connectivity index (χ0v) is 10.2. The highest BCUT2D eigenvalue weighted by Crippen LogP contribution is 2.32. The van der Waals surface area contributed by atoms with Crippen molar-refractivity contribution < 1.29 is 4.42 Å². The first-order valence-corrected chi connectivity index (χ1v) is 6.06. The lowest BCUT2D eigenvalue weighted by Gasteiger charge is -2.09. The third-order valence-corrected chi connectivity index (χ3v) is 3.20. The Balaban J connectivity index is 2.20. The molecule has 1 unspecified atom stereocenters. The van der Waals surface area contributed by atoms with Crippen molar-refractivity contribution >= 4 is 11.0 Å². The molecule has 0 aliphatic rings. The number of benzene rings is 1. The lowest BCUT2D eigenvalue weighted by molar-refractivity contribution is 0.546. The number of H-pyrrole nitrogens is 1. The average molecular weight is 241 g/mol. The summed E-state index contributed by atoms with van der Waals surface area (Å²) in [5, 5.41) is 7.96. The number of para-hydroxylation sites is 1. The van der Waals surface area contributed by atoms with Gasteiger partial charge in [-0.3, -0.25) is 5.10 Å². The average Bonchev–Trinajstić information content (AvgIpc) is 3.04. The molecule has 0 saturated carbocycles. The number of hydrogen-bond donors (Lipinski definition) is 2. The molecule has 2 aromatic heterocycles. The minimum Gasteiger partial charge on any atom is -0.461 e. The monoisotopic (exact) mass is 241 g/mol. The van der Waals surface area contributed by atoms with Crippen LogP contribution in [-0.2, 0) is 6.42 Å². The van der Waals surface area contributed by atoms with Crippen LogP contribution in [0.5, 0.6) is 0 Å². The Hall–Kier alpha value is -2.07. The number of rotatable bonds is 3. The van der Waals surface area contributed by atoms with Crippen molar-refractivity contribution in [2.45, 2.75) is 19.4 Å². The van der Waals surface area contributed by atoms with Crippen molar-refractivity contribution in [3.63, 3.8) is 0 Å². The molecule has 0 aliphatic heterocycles. The van der Waals surface area contributed by atoms with Gasteiger partial charge in [-0.25, -0.2) is 0 Å². The molecule has 0 aliphatic carbocycles. The van der Waals surface area contributed by atoms with Crippen LogP contribution in [0, 0.1) is 0 Å². The van der Waals surface area contributed by atoms with E-state index in [0.29, 0.717) is 0 Å². The molecule has 92 valence electrons. The molecule has 0 radical (unpaired) electrons. The SMILES string of the molecule is CCc1oc2ccccc2c1C(N)c1ccn[nH]1. The van der Waals surface area contributed by atoms with Crippen molar-refractivity contribution in [3.05, 3.63) is 53.5 Å². The zero-order valence-electron chi connectivity index (χ0n) is 10.2. The molecule has 0 amide bonds. The second kappa shape index (κ2) is 4.31. The molecule has 4 heteroatoms. The lowest BCUT2D eigenvalue weighted by Crippen LogP contribution is -2.13. The summed E-state index contributed by atoms with van der Waals surface area (Å²) >= 11 is 0. The number of aromatic nitrogens is 2. The van der Waals surface area contributed by atoms with E-state index in [1.165, 1.54) is 0 Å². The summed E-state index contributed by atoms with van der Waals surface area (Å²) in [6.07, 6.45) is 2.54.